The maximum atomic E-state index is 15.0. The van der Waals surface area contributed by atoms with Crippen molar-refractivity contribution in [3.63, 3.8) is 0 Å². The predicted molar refractivity (Wildman–Crippen MR) is 169 cm³/mol. The van der Waals surface area contributed by atoms with Gasteiger partial charge in [-0.3, -0.25) is 14.4 Å². The number of esters is 3. The van der Waals surface area contributed by atoms with Gasteiger partial charge in [-0.1, -0.05) is 62.4 Å². The van der Waals surface area contributed by atoms with Crippen LogP contribution in [0.15, 0.2) is 71.8 Å². The number of aliphatic hydroxyl groups is 1. The molecule has 3 saturated carbocycles. The van der Waals surface area contributed by atoms with E-state index in [2.05, 4.69) is 0 Å². The van der Waals surface area contributed by atoms with Gasteiger partial charge in [0.15, 0.2) is 11.9 Å². The zero-order chi connectivity index (χ0) is 33.3. The van der Waals surface area contributed by atoms with Gasteiger partial charge in [0.1, 0.15) is 17.8 Å². The van der Waals surface area contributed by atoms with E-state index in [0.717, 1.165) is 5.56 Å². The van der Waals surface area contributed by atoms with Gasteiger partial charge in [0.2, 0.25) is 0 Å². The molecule has 7 rings (SSSR count). The molecule has 47 heavy (non-hydrogen) atoms. The van der Waals surface area contributed by atoms with Crippen LogP contribution in [0.25, 0.3) is 0 Å². The molecule has 9 nitrogen and oxygen atoms in total. The van der Waals surface area contributed by atoms with Crippen LogP contribution in [0.4, 0.5) is 0 Å². The maximum Gasteiger partial charge on any atom is 0.338 e. The lowest BCUT2D eigenvalue weighted by atomic mass is 9.49. The Labute approximate surface area is 274 Å². The van der Waals surface area contributed by atoms with Gasteiger partial charge < -0.3 is 24.1 Å². The number of rotatable bonds is 7. The van der Waals surface area contributed by atoms with Crippen molar-refractivity contribution < 1.29 is 43.2 Å². The lowest BCUT2D eigenvalue weighted by Gasteiger charge is -2.61. The van der Waals surface area contributed by atoms with Crippen molar-refractivity contribution in [3.8, 4) is 0 Å². The minimum absolute atomic E-state index is 0.0596. The second kappa shape index (κ2) is 11.4. The summed E-state index contributed by atoms with van der Waals surface area (Å²) in [4.78, 5) is 54.8. The first-order valence-electron chi connectivity index (χ1n) is 16.6. The average molecular weight is 643 g/mol. The highest BCUT2D eigenvalue weighted by atomic mass is 16.6. The summed E-state index contributed by atoms with van der Waals surface area (Å²) in [6.45, 7) is 7.01. The van der Waals surface area contributed by atoms with Crippen LogP contribution in [0.3, 0.4) is 0 Å². The lowest BCUT2D eigenvalue weighted by molar-refractivity contribution is -0.248. The Balaban J connectivity index is 1.34. The van der Waals surface area contributed by atoms with Gasteiger partial charge in [0.05, 0.1) is 18.3 Å². The Morgan fingerprint density at radius 1 is 0.957 bits per heavy atom. The molecule has 1 heterocycles. The van der Waals surface area contributed by atoms with Crippen LogP contribution in [0.5, 0.6) is 0 Å². The molecule has 9 heteroatoms. The van der Waals surface area contributed by atoms with Crippen molar-refractivity contribution in [2.45, 2.75) is 89.8 Å². The first kappa shape index (κ1) is 31.8. The molecule has 1 aliphatic heterocycles. The smallest absolute Gasteiger partial charge is 0.338 e. The predicted octanol–water partition coefficient (Wildman–Crippen LogP) is 4.79. The van der Waals surface area contributed by atoms with E-state index in [1.807, 2.05) is 30.3 Å². The standard InChI is InChI=1S/C38H42O9/c1-21-28(46-29(40)16-15-23-11-7-5-8-12-23)19-38(43)34(47-35(42)24-13-9-6-10-14-24)31-26-20-44-27(26)17-25-18-37(25,31)33(41)32(45-22(2)39)30(21)36(38,3)4/h5-14,25-28,31-32,34,43H,15-20H2,1-4H3/t25-,26-,27-,28+,31?,32-,34+,37-,38-/m1/s1. The first-order chi connectivity index (χ1) is 22.4. The number of fused-ring (bicyclic) bond motifs is 4. The van der Waals surface area contributed by atoms with E-state index >= 15 is 0 Å². The fourth-order valence-corrected chi connectivity index (χ4v) is 9.31. The van der Waals surface area contributed by atoms with Crippen LogP contribution in [0.2, 0.25) is 0 Å². The minimum Gasteiger partial charge on any atom is -0.458 e. The van der Waals surface area contributed by atoms with Gasteiger partial charge in [0, 0.05) is 42.4 Å². The minimum atomic E-state index is -1.81. The van der Waals surface area contributed by atoms with E-state index in [1.165, 1.54) is 6.92 Å². The number of benzene rings is 2. The quantitative estimate of drug-likeness (QED) is 0.258. The summed E-state index contributed by atoms with van der Waals surface area (Å²) in [7, 11) is 0. The van der Waals surface area contributed by atoms with E-state index in [0.29, 0.717) is 42.6 Å². The molecule has 4 aliphatic carbocycles. The van der Waals surface area contributed by atoms with Crippen molar-refractivity contribution in [3.05, 3.63) is 82.9 Å². The highest BCUT2D eigenvalue weighted by molar-refractivity contribution is 5.97. The molecule has 1 N–H and O–H groups in total. The topological polar surface area (TPSA) is 125 Å². The van der Waals surface area contributed by atoms with Crippen molar-refractivity contribution in [2.24, 2.45) is 28.6 Å². The van der Waals surface area contributed by atoms with Crippen LogP contribution >= 0.6 is 0 Å². The monoisotopic (exact) mass is 642 g/mol. The molecule has 0 amide bonds. The summed E-state index contributed by atoms with van der Waals surface area (Å²) < 4.78 is 24.4. The largest absolute Gasteiger partial charge is 0.458 e. The van der Waals surface area contributed by atoms with Crippen LogP contribution in [0, 0.1) is 28.6 Å². The Morgan fingerprint density at radius 3 is 2.28 bits per heavy atom. The van der Waals surface area contributed by atoms with E-state index in [1.54, 1.807) is 51.1 Å². The van der Waals surface area contributed by atoms with Gasteiger partial charge in [0.25, 0.3) is 0 Å². The third kappa shape index (κ3) is 4.96. The Morgan fingerprint density at radius 2 is 1.64 bits per heavy atom. The summed E-state index contributed by atoms with van der Waals surface area (Å²) in [6, 6.07) is 18.2. The Hall–Kier alpha value is -3.82. The summed E-state index contributed by atoms with van der Waals surface area (Å²) in [5, 5.41) is 13.2. The van der Waals surface area contributed by atoms with Gasteiger partial charge in [-0.25, -0.2) is 4.79 Å². The van der Waals surface area contributed by atoms with Crippen molar-refractivity contribution >= 4 is 23.7 Å². The van der Waals surface area contributed by atoms with Gasteiger partial charge >= 0.3 is 17.9 Å². The number of Topliss-reactive ketones (excluding diaryl/α,β-unsaturated/α-hetero) is 1. The summed E-state index contributed by atoms with van der Waals surface area (Å²) in [5.74, 6) is -2.73. The van der Waals surface area contributed by atoms with Gasteiger partial charge in [-0.15, -0.1) is 0 Å². The second-order valence-corrected chi connectivity index (χ2v) is 14.6. The number of hydrogen-bond donors (Lipinski definition) is 1. The molecule has 0 aromatic heterocycles. The fraction of sp³-hybridized carbons (Fsp3) is 0.526. The third-order valence-electron chi connectivity index (χ3n) is 11.9. The molecule has 5 aliphatic rings. The number of ketones is 1. The Kier molecular flexibility index (Phi) is 7.71. The van der Waals surface area contributed by atoms with E-state index < -0.39 is 58.6 Å². The van der Waals surface area contributed by atoms with Crippen molar-refractivity contribution in [2.75, 3.05) is 6.61 Å². The van der Waals surface area contributed by atoms with Gasteiger partial charge in [-0.2, -0.15) is 0 Å². The molecule has 0 radical (unpaired) electrons. The molecular formula is C38H42O9. The highest BCUT2D eigenvalue weighted by Gasteiger charge is 2.79. The number of ether oxygens (including phenoxy) is 4. The third-order valence-corrected chi connectivity index (χ3v) is 11.9. The van der Waals surface area contributed by atoms with Gasteiger partial charge in [-0.05, 0) is 60.9 Å². The molecular weight excluding hydrogens is 600 g/mol. The molecule has 1 saturated heterocycles. The molecule has 2 aromatic rings. The van der Waals surface area contributed by atoms with Crippen LogP contribution in [-0.2, 0) is 39.8 Å². The lowest BCUT2D eigenvalue weighted by Crippen LogP contribution is -2.71. The zero-order valence-electron chi connectivity index (χ0n) is 27.3. The Bertz CT molecular complexity index is 1630. The first-order valence-corrected chi connectivity index (χ1v) is 16.6. The zero-order valence-corrected chi connectivity index (χ0v) is 27.3. The maximum absolute atomic E-state index is 15.0. The normalized spacial score (nSPS) is 36.3. The highest BCUT2D eigenvalue weighted by Crippen LogP contribution is 2.73. The van der Waals surface area contributed by atoms with Crippen molar-refractivity contribution in [1.82, 2.24) is 0 Å². The summed E-state index contributed by atoms with van der Waals surface area (Å²) in [6.07, 6.45) is -1.76. The summed E-state index contributed by atoms with van der Waals surface area (Å²) >= 11 is 0. The van der Waals surface area contributed by atoms with E-state index in [4.69, 9.17) is 18.9 Å². The molecule has 2 bridgehead atoms. The van der Waals surface area contributed by atoms with Crippen LogP contribution < -0.4 is 0 Å². The molecule has 1 unspecified atom stereocenters. The van der Waals surface area contributed by atoms with Crippen LogP contribution in [0.1, 0.15) is 69.3 Å². The molecule has 2 aromatic carbocycles. The average Bonchev–Trinajstić information content (AvgIpc) is 3.77. The second-order valence-electron chi connectivity index (χ2n) is 14.6. The number of carbonyl (C=O) groups excluding carboxylic acids is 4. The number of carbonyl (C=O) groups is 4. The van der Waals surface area contributed by atoms with Crippen molar-refractivity contribution in [1.29, 1.82) is 0 Å². The molecule has 248 valence electrons. The van der Waals surface area contributed by atoms with E-state index in [9.17, 15) is 24.3 Å². The molecule has 9 atom stereocenters. The molecule has 1 spiro atoms. The number of aryl methyl sites for hydroxylation is 1. The van der Waals surface area contributed by atoms with E-state index in [-0.39, 0.29) is 36.6 Å². The molecule has 4 fully saturated rings. The number of hydrogen-bond acceptors (Lipinski definition) is 9. The SMILES string of the molecule is CC(=O)O[C@H]1C(=O)[C@]23C[C@H]2C[C@H]2OC[C@H]2C3[C@H](OC(=O)c2ccccc2)[C@]2(O)C[C@H](OC(=O)CCc3ccccc3)C(C)=C1C2(C)C. The summed E-state index contributed by atoms with van der Waals surface area (Å²) in [5.41, 5.74) is -1.72. The fourth-order valence-electron chi connectivity index (χ4n) is 9.31. The van der Waals surface area contributed by atoms with Crippen LogP contribution in [-0.4, -0.2) is 65.4 Å².